The van der Waals surface area contributed by atoms with E-state index in [0.717, 1.165) is 31.1 Å². The fourth-order valence-corrected chi connectivity index (χ4v) is 1.41. The number of hydrogen-bond donors (Lipinski definition) is 1. The first-order valence-electron chi connectivity index (χ1n) is 6.02. The largest absolute Gasteiger partial charge is 0.358 e. The van der Waals surface area contributed by atoms with Crippen molar-refractivity contribution in [3.63, 3.8) is 0 Å². The highest BCUT2D eigenvalue weighted by atomic mass is 15.2. The topological polar surface area (TPSA) is 41.0 Å². The van der Waals surface area contributed by atoms with Crippen LogP contribution in [0, 0.1) is 0 Å². The highest BCUT2D eigenvalue weighted by molar-refractivity contribution is 5.35. The second-order valence-electron chi connectivity index (χ2n) is 3.94. The summed E-state index contributed by atoms with van der Waals surface area (Å²) in [7, 11) is 2.06. The molecule has 0 fully saturated rings. The molecule has 4 heteroatoms. The van der Waals surface area contributed by atoms with Gasteiger partial charge in [0.2, 0.25) is 0 Å². The van der Waals surface area contributed by atoms with Gasteiger partial charge in [-0.3, -0.25) is 0 Å². The Hall–Kier alpha value is -1.16. The summed E-state index contributed by atoms with van der Waals surface area (Å²) < 4.78 is 0. The van der Waals surface area contributed by atoms with Crippen molar-refractivity contribution >= 4 is 5.82 Å². The maximum atomic E-state index is 4.22. The second kappa shape index (κ2) is 7.17. The van der Waals surface area contributed by atoms with E-state index in [0.29, 0.717) is 0 Å². The maximum Gasteiger partial charge on any atom is 0.150 e. The summed E-state index contributed by atoms with van der Waals surface area (Å²) in [4.78, 5) is 2.15. The number of nitrogens with one attached hydrogen (secondary N) is 1. The highest BCUT2D eigenvalue weighted by Crippen LogP contribution is 2.08. The molecule has 0 radical (unpaired) electrons. The van der Waals surface area contributed by atoms with Crippen LogP contribution in [-0.4, -0.2) is 30.3 Å². The SMILES string of the molecule is CCCCN(C)c1ccc(CNCC)nn1. The molecule has 0 amide bonds. The van der Waals surface area contributed by atoms with Gasteiger partial charge in [-0.1, -0.05) is 20.3 Å². The lowest BCUT2D eigenvalue weighted by Crippen LogP contribution is -2.20. The molecule has 0 spiro atoms. The van der Waals surface area contributed by atoms with Gasteiger partial charge < -0.3 is 10.2 Å². The monoisotopic (exact) mass is 222 g/mol. The number of anilines is 1. The van der Waals surface area contributed by atoms with Crippen LogP contribution < -0.4 is 10.2 Å². The zero-order valence-corrected chi connectivity index (χ0v) is 10.5. The Kier molecular flexibility index (Phi) is 5.78. The third kappa shape index (κ3) is 4.14. The number of aromatic nitrogens is 2. The lowest BCUT2D eigenvalue weighted by Gasteiger charge is -2.16. The van der Waals surface area contributed by atoms with Crippen molar-refractivity contribution in [3.05, 3.63) is 17.8 Å². The molecule has 16 heavy (non-hydrogen) atoms. The van der Waals surface area contributed by atoms with Gasteiger partial charge in [0.15, 0.2) is 5.82 Å². The molecule has 1 N–H and O–H groups in total. The summed E-state index contributed by atoms with van der Waals surface area (Å²) >= 11 is 0. The van der Waals surface area contributed by atoms with Gasteiger partial charge in [0, 0.05) is 20.1 Å². The quantitative estimate of drug-likeness (QED) is 0.764. The van der Waals surface area contributed by atoms with Crippen LogP contribution in [0.15, 0.2) is 12.1 Å². The Balaban J connectivity index is 2.49. The number of unbranched alkanes of at least 4 members (excludes halogenated alkanes) is 1. The van der Waals surface area contributed by atoms with E-state index in [2.05, 4.69) is 41.3 Å². The van der Waals surface area contributed by atoms with E-state index < -0.39 is 0 Å². The minimum atomic E-state index is 0.794. The molecule has 0 saturated heterocycles. The highest BCUT2D eigenvalue weighted by Gasteiger charge is 2.02. The lowest BCUT2D eigenvalue weighted by molar-refractivity contribution is 0.693. The number of hydrogen-bond acceptors (Lipinski definition) is 4. The summed E-state index contributed by atoms with van der Waals surface area (Å²) in [5.74, 6) is 0.952. The van der Waals surface area contributed by atoms with Gasteiger partial charge in [-0.05, 0) is 25.1 Å². The van der Waals surface area contributed by atoms with Crippen molar-refractivity contribution in [3.8, 4) is 0 Å². The fourth-order valence-electron chi connectivity index (χ4n) is 1.41. The smallest absolute Gasteiger partial charge is 0.150 e. The molecule has 1 aromatic rings. The van der Waals surface area contributed by atoms with Crippen molar-refractivity contribution in [1.29, 1.82) is 0 Å². The van der Waals surface area contributed by atoms with Gasteiger partial charge in [-0.25, -0.2) is 0 Å². The molecule has 0 unspecified atom stereocenters. The molecule has 1 rings (SSSR count). The summed E-state index contributed by atoms with van der Waals surface area (Å²) in [5, 5.41) is 11.6. The van der Waals surface area contributed by atoms with Crippen LogP contribution in [-0.2, 0) is 6.54 Å². The minimum Gasteiger partial charge on any atom is -0.358 e. The lowest BCUT2D eigenvalue weighted by atomic mass is 10.3. The van der Waals surface area contributed by atoms with Crippen molar-refractivity contribution in [2.45, 2.75) is 33.2 Å². The molecule has 0 bridgehead atoms. The molecule has 1 heterocycles. The molecular weight excluding hydrogens is 200 g/mol. The van der Waals surface area contributed by atoms with E-state index in [-0.39, 0.29) is 0 Å². The Bertz CT molecular complexity index is 284. The predicted molar refractivity (Wildman–Crippen MR) is 67.6 cm³/mol. The van der Waals surface area contributed by atoms with Crippen LogP contribution in [0.25, 0.3) is 0 Å². The number of nitrogens with zero attached hydrogens (tertiary/aromatic N) is 3. The molecule has 0 aromatic carbocycles. The molecular formula is C12H22N4. The van der Waals surface area contributed by atoms with Crippen molar-refractivity contribution in [2.24, 2.45) is 0 Å². The van der Waals surface area contributed by atoms with Crippen LogP contribution in [0.5, 0.6) is 0 Å². The normalized spacial score (nSPS) is 10.4. The number of rotatable bonds is 7. The molecule has 0 aliphatic rings. The summed E-state index contributed by atoms with van der Waals surface area (Å²) in [5.41, 5.74) is 0.995. The standard InChI is InChI=1S/C12H22N4/c1-4-6-9-16(3)12-8-7-11(14-15-12)10-13-5-2/h7-8,13H,4-6,9-10H2,1-3H3. The molecule has 90 valence electrons. The average molecular weight is 222 g/mol. The van der Waals surface area contributed by atoms with Crippen LogP contribution >= 0.6 is 0 Å². The van der Waals surface area contributed by atoms with Crippen molar-refractivity contribution in [2.75, 3.05) is 25.0 Å². The third-order valence-electron chi connectivity index (χ3n) is 2.50. The van der Waals surface area contributed by atoms with E-state index in [9.17, 15) is 0 Å². The zero-order chi connectivity index (χ0) is 11.8. The van der Waals surface area contributed by atoms with E-state index in [1.807, 2.05) is 12.1 Å². The van der Waals surface area contributed by atoms with E-state index >= 15 is 0 Å². The Morgan fingerprint density at radius 2 is 2.06 bits per heavy atom. The second-order valence-corrected chi connectivity index (χ2v) is 3.94. The van der Waals surface area contributed by atoms with Crippen molar-refractivity contribution in [1.82, 2.24) is 15.5 Å². The van der Waals surface area contributed by atoms with Gasteiger partial charge in [0.05, 0.1) is 5.69 Å². The Morgan fingerprint density at radius 1 is 1.25 bits per heavy atom. The van der Waals surface area contributed by atoms with E-state index in [4.69, 9.17) is 0 Å². The summed E-state index contributed by atoms with van der Waals surface area (Å²) in [6.07, 6.45) is 2.40. The molecule has 0 saturated carbocycles. The Labute approximate surface area is 98.1 Å². The zero-order valence-electron chi connectivity index (χ0n) is 10.5. The van der Waals surface area contributed by atoms with E-state index in [1.54, 1.807) is 0 Å². The molecule has 0 aliphatic carbocycles. The fraction of sp³-hybridized carbons (Fsp3) is 0.667. The van der Waals surface area contributed by atoms with Gasteiger partial charge in [-0.15, -0.1) is 5.10 Å². The first-order chi connectivity index (χ1) is 7.77. The summed E-state index contributed by atoms with van der Waals surface area (Å²) in [6.45, 7) is 7.07. The molecule has 4 nitrogen and oxygen atoms in total. The third-order valence-corrected chi connectivity index (χ3v) is 2.50. The van der Waals surface area contributed by atoms with Crippen LogP contribution in [0.4, 0.5) is 5.82 Å². The predicted octanol–water partition coefficient (Wildman–Crippen LogP) is 1.82. The molecule has 0 aliphatic heterocycles. The molecule has 1 aromatic heterocycles. The van der Waals surface area contributed by atoms with Crippen LogP contribution in [0.1, 0.15) is 32.4 Å². The van der Waals surface area contributed by atoms with Gasteiger partial charge in [0.1, 0.15) is 0 Å². The van der Waals surface area contributed by atoms with Crippen LogP contribution in [0.2, 0.25) is 0 Å². The first kappa shape index (κ1) is 12.9. The first-order valence-corrected chi connectivity index (χ1v) is 6.02. The van der Waals surface area contributed by atoms with Gasteiger partial charge >= 0.3 is 0 Å². The minimum absolute atomic E-state index is 0.794. The van der Waals surface area contributed by atoms with E-state index in [1.165, 1.54) is 12.8 Å². The van der Waals surface area contributed by atoms with Crippen molar-refractivity contribution < 1.29 is 0 Å². The van der Waals surface area contributed by atoms with Gasteiger partial charge in [0.25, 0.3) is 0 Å². The maximum absolute atomic E-state index is 4.22. The molecule has 0 atom stereocenters. The van der Waals surface area contributed by atoms with Crippen LogP contribution in [0.3, 0.4) is 0 Å². The Morgan fingerprint density at radius 3 is 2.62 bits per heavy atom. The summed E-state index contributed by atoms with van der Waals surface area (Å²) in [6, 6.07) is 4.07. The van der Waals surface area contributed by atoms with Gasteiger partial charge in [-0.2, -0.15) is 5.10 Å². The average Bonchev–Trinajstić information content (AvgIpc) is 2.34.